The summed E-state index contributed by atoms with van der Waals surface area (Å²) >= 11 is 0. The second kappa shape index (κ2) is 6.33. The maximum atomic E-state index is 12.6. The Bertz CT molecular complexity index is 894. The molecular formula is C17H19N3O3S. The number of hydrogen-bond acceptors (Lipinski definition) is 4. The van der Waals surface area contributed by atoms with E-state index in [1.165, 1.54) is 10.6 Å². The quantitative estimate of drug-likeness (QED) is 0.922. The van der Waals surface area contributed by atoms with Crippen molar-refractivity contribution < 1.29 is 13.2 Å². The van der Waals surface area contributed by atoms with Crippen LogP contribution in [0.1, 0.15) is 27.0 Å². The van der Waals surface area contributed by atoms with Gasteiger partial charge in [-0.25, -0.2) is 8.42 Å². The van der Waals surface area contributed by atoms with Gasteiger partial charge in [0.15, 0.2) is 0 Å². The van der Waals surface area contributed by atoms with Crippen molar-refractivity contribution in [3.63, 3.8) is 0 Å². The Morgan fingerprint density at radius 1 is 1.29 bits per heavy atom. The van der Waals surface area contributed by atoms with Crippen molar-refractivity contribution in [1.82, 2.24) is 9.29 Å². The SMILES string of the molecule is Cc1cccc(NC(=O)c2cncc3c2CCN(S(C)(=O)=O)C3)c1. The number of nitrogens with one attached hydrogen (secondary N) is 1. The molecule has 1 aromatic carbocycles. The van der Waals surface area contributed by atoms with Crippen molar-refractivity contribution in [2.75, 3.05) is 18.1 Å². The molecule has 7 heteroatoms. The molecule has 1 aromatic heterocycles. The van der Waals surface area contributed by atoms with E-state index in [0.29, 0.717) is 18.5 Å². The predicted molar refractivity (Wildman–Crippen MR) is 92.3 cm³/mol. The van der Waals surface area contributed by atoms with Gasteiger partial charge in [-0.15, -0.1) is 0 Å². The number of carbonyl (C=O) groups is 1. The van der Waals surface area contributed by atoms with Crippen LogP contribution in [0.3, 0.4) is 0 Å². The van der Waals surface area contributed by atoms with Crippen molar-refractivity contribution in [3.05, 3.63) is 58.9 Å². The van der Waals surface area contributed by atoms with Crippen LogP contribution in [0.15, 0.2) is 36.7 Å². The summed E-state index contributed by atoms with van der Waals surface area (Å²) in [6, 6.07) is 7.57. The molecule has 0 bridgehead atoms. The van der Waals surface area contributed by atoms with Crippen molar-refractivity contribution >= 4 is 21.6 Å². The Balaban J connectivity index is 1.87. The molecule has 0 unspecified atom stereocenters. The fraction of sp³-hybridized carbons (Fsp3) is 0.294. The number of pyridine rings is 1. The zero-order valence-corrected chi connectivity index (χ0v) is 14.4. The number of rotatable bonds is 3. The van der Waals surface area contributed by atoms with Gasteiger partial charge < -0.3 is 5.32 Å². The summed E-state index contributed by atoms with van der Waals surface area (Å²) < 4.78 is 24.8. The maximum absolute atomic E-state index is 12.6. The molecule has 0 radical (unpaired) electrons. The first-order valence-electron chi connectivity index (χ1n) is 7.63. The lowest BCUT2D eigenvalue weighted by Gasteiger charge is -2.27. The van der Waals surface area contributed by atoms with E-state index < -0.39 is 10.0 Å². The van der Waals surface area contributed by atoms with Gasteiger partial charge >= 0.3 is 0 Å². The van der Waals surface area contributed by atoms with Crippen LogP contribution < -0.4 is 5.32 Å². The molecule has 2 aromatic rings. The number of benzene rings is 1. The van der Waals surface area contributed by atoms with Gasteiger partial charge in [0.05, 0.1) is 11.8 Å². The third-order valence-electron chi connectivity index (χ3n) is 4.09. The molecule has 0 aliphatic carbocycles. The summed E-state index contributed by atoms with van der Waals surface area (Å²) in [7, 11) is -3.25. The van der Waals surface area contributed by atoms with E-state index in [1.54, 1.807) is 12.4 Å². The number of nitrogens with zero attached hydrogens (tertiary/aromatic N) is 2. The first-order valence-corrected chi connectivity index (χ1v) is 9.48. The van der Waals surface area contributed by atoms with E-state index in [4.69, 9.17) is 0 Å². The zero-order valence-electron chi connectivity index (χ0n) is 13.6. The average Bonchev–Trinajstić information content (AvgIpc) is 2.53. The van der Waals surface area contributed by atoms with Crippen LogP contribution in [0.4, 0.5) is 5.69 Å². The van der Waals surface area contributed by atoms with Crippen LogP contribution in [0.5, 0.6) is 0 Å². The molecule has 1 amide bonds. The standard InChI is InChI=1S/C17H19N3O3S/c1-12-4-3-5-14(8-12)19-17(21)16-10-18-9-13-11-20(24(2,22)23)7-6-15(13)16/h3-5,8-10H,6-7,11H2,1-2H3,(H,19,21). The Labute approximate surface area is 141 Å². The van der Waals surface area contributed by atoms with Crippen molar-refractivity contribution in [3.8, 4) is 0 Å². The molecule has 2 heterocycles. The van der Waals surface area contributed by atoms with E-state index in [2.05, 4.69) is 10.3 Å². The second-order valence-corrected chi connectivity index (χ2v) is 7.98. The Kier molecular flexibility index (Phi) is 4.38. The molecule has 1 N–H and O–H groups in total. The Morgan fingerprint density at radius 2 is 2.08 bits per heavy atom. The Morgan fingerprint density at radius 3 is 2.79 bits per heavy atom. The zero-order chi connectivity index (χ0) is 17.3. The van der Waals surface area contributed by atoms with Crippen molar-refractivity contribution in [2.45, 2.75) is 19.9 Å². The van der Waals surface area contributed by atoms with E-state index in [1.807, 2.05) is 31.2 Å². The van der Waals surface area contributed by atoms with Gasteiger partial charge in [-0.1, -0.05) is 12.1 Å². The molecule has 0 saturated carbocycles. The van der Waals surface area contributed by atoms with Gasteiger partial charge in [0, 0.05) is 31.2 Å². The summed E-state index contributed by atoms with van der Waals surface area (Å²) in [6.07, 6.45) is 4.87. The highest BCUT2D eigenvalue weighted by atomic mass is 32.2. The summed E-state index contributed by atoms with van der Waals surface area (Å²) in [5.74, 6) is -0.224. The monoisotopic (exact) mass is 345 g/mol. The largest absolute Gasteiger partial charge is 0.322 e. The summed E-state index contributed by atoms with van der Waals surface area (Å²) in [5, 5.41) is 2.88. The molecule has 1 aliphatic rings. The fourth-order valence-electron chi connectivity index (χ4n) is 2.87. The third kappa shape index (κ3) is 3.47. The molecule has 0 saturated heterocycles. The third-order valence-corrected chi connectivity index (χ3v) is 5.34. The molecule has 0 fully saturated rings. The van der Waals surface area contributed by atoms with Crippen LogP contribution >= 0.6 is 0 Å². The second-order valence-electron chi connectivity index (χ2n) is 5.99. The van der Waals surface area contributed by atoms with E-state index in [0.717, 1.165) is 22.4 Å². The molecule has 126 valence electrons. The smallest absolute Gasteiger partial charge is 0.257 e. The molecule has 6 nitrogen and oxygen atoms in total. The van der Waals surface area contributed by atoms with Crippen molar-refractivity contribution in [2.24, 2.45) is 0 Å². The van der Waals surface area contributed by atoms with Crippen LogP contribution in [0.2, 0.25) is 0 Å². The average molecular weight is 345 g/mol. The molecule has 3 rings (SSSR count). The minimum Gasteiger partial charge on any atom is -0.322 e. The van der Waals surface area contributed by atoms with E-state index in [9.17, 15) is 13.2 Å². The number of amides is 1. The van der Waals surface area contributed by atoms with E-state index in [-0.39, 0.29) is 12.5 Å². The summed E-state index contributed by atoms with van der Waals surface area (Å²) in [5.41, 5.74) is 3.94. The predicted octanol–water partition coefficient (Wildman–Crippen LogP) is 1.96. The van der Waals surface area contributed by atoms with Crippen LogP contribution in [0, 0.1) is 6.92 Å². The van der Waals surface area contributed by atoms with Crippen LogP contribution in [0.25, 0.3) is 0 Å². The number of aryl methyl sites for hydroxylation is 1. The number of fused-ring (bicyclic) bond motifs is 1. The lowest BCUT2D eigenvalue weighted by atomic mass is 9.98. The lowest BCUT2D eigenvalue weighted by molar-refractivity contribution is 0.102. The van der Waals surface area contributed by atoms with Gasteiger partial charge in [0.25, 0.3) is 5.91 Å². The Hall–Kier alpha value is -2.25. The normalized spacial score (nSPS) is 14.9. The minimum absolute atomic E-state index is 0.224. The van der Waals surface area contributed by atoms with E-state index >= 15 is 0 Å². The summed E-state index contributed by atoms with van der Waals surface area (Å²) in [4.78, 5) is 16.7. The molecule has 1 aliphatic heterocycles. The molecule has 0 atom stereocenters. The topological polar surface area (TPSA) is 79.4 Å². The van der Waals surface area contributed by atoms with Gasteiger partial charge in [-0.05, 0) is 42.2 Å². The maximum Gasteiger partial charge on any atom is 0.257 e. The minimum atomic E-state index is -3.25. The number of aromatic nitrogens is 1. The highest BCUT2D eigenvalue weighted by Gasteiger charge is 2.26. The van der Waals surface area contributed by atoms with Gasteiger partial charge in [0.2, 0.25) is 10.0 Å². The fourth-order valence-corrected chi connectivity index (χ4v) is 3.66. The number of carbonyl (C=O) groups excluding carboxylic acids is 1. The highest BCUT2D eigenvalue weighted by Crippen LogP contribution is 2.24. The molecule has 0 spiro atoms. The summed E-state index contributed by atoms with van der Waals surface area (Å²) in [6.45, 7) is 2.59. The number of sulfonamides is 1. The first-order chi connectivity index (χ1) is 11.3. The first kappa shape index (κ1) is 16.6. The van der Waals surface area contributed by atoms with Gasteiger partial charge in [-0.3, -0.25) is 9.78 Å². The number of anilines is 1. The van der Waals surface area contributed by atoms with Crippen molar-refractivity contribution in [1.29, 1.82) is 0 Å². The van der Waals surface area contributed by atoms with Crippen LogP contribution in [-0.4, -0.2) is 36.4 Å². The van der Waals surface area contributed by atoms with Crippen LogP contribution in [-0.2, 0) is 23.0 Å². The molecule has 24 heavy (non-hydrogen) atoms. The van der Waals surface area contributed by atoms with Gasteiger partial charge in [0.1, 0.15) is 0 Å². The van der Waals surface area contributed by atoms with Gasteiger partial charge in [-0.2, -0.15) is 4.31 Å². The highest BCUT2D eigenvalue weighted by molar-refractivity contribution is 7.88. The lowest BCUT2D eigenvalue weighted by Crippen LogP contribution is -2.36. The molecular weight excluding hydrogens is 326 g/mol. The number of hydrogen-bond donors (Lipinski definition) is 1.